The van der Waals surface area contributed by atoms with Crippen molar-refractivity contribution in [3.63, 3.8) is 0 Å². The number of carbonyl (C=O) groups is 1. The second-order valence-corrected chi connectivity index (χ2v) is 4.52. The van der Waals surface area contributed by atoms with E-state index < -0.39 is 18.4 Å². The minimum absolute atomic E-state index is 0.422. The molecule has 0 aliphatic rings. The molecule has 0 atom stereocenters. The Labute approximate surface area is 98.6 Å². The summed E-state index contributed by atoms with van der Waals surface area (Å²) in [7, 11) is 0. The number of hydrogen-bond acceptors (Lipinski definition) is 1. The van der Waals surface area contributed by atoms with Crippen molar-refractivity contribution in [1.82, 2.24) is 0 Å². The highest BCUT2D eigenvalue weighted by molar-refractivity contribution is 5.86. The van der Waals surface area contributed by atoms with Gasteiger partial charge in [-0.15, -0.1) is 0 Å². The van der Waals surface area contributed by atoms with Crippen LogP contribution in [0.1, 0.15) is 25.0 Å². The molecule has 0 spiro atoms. The number of alkyl halides is 3. The molecule has 1 rings (SSSR count). The summed E-state index contributed by atoms with van der Waals surface area (Å²) in [5.41, 5.74) is 1.39. The molecule has 0 aliphatic heterocycles. The smallest absolute Gasteiger partial charge is 0.289 e. The van der Waals surface area contributed by atoms with E-state index >= 15 is 0 Å². The summed E-state index contributed by atoms with van der Waals surface area (Å²) in [6.45, 7) is 4.07. The third kappa shape index (κ3) is 4.59. The summed E-state index contributed by atoms with van der Waals surface area (Å²) in [6, 6.07) is 6.77. The Morgan fingerprint density at radius 1 is 1.24 bits per heavy atom. The molecule has 0 amide bonds. The average Bonchev–Trinajstić information content (AvgIpc) is 2.15. The maximum absolute atomic E-state index is 12.1. The normalized spacial score (nSPS) is 11.9. The van der Waals surface area contributed by atoms with Crippen LogP contribution in [0, 0.1) is 5.92 Å². The van der Waals surface area contributed by atoms with Gasteiger partial charge in [-0.2, -0.15) is 13.2 Å². The summed E-state index contributed by atoms with van der Waals surface area (Å²) in [5.74, 6) is -1.26. The van der Waals surface area contributed by atoms with Crippen molar-refractivity contribution in [3.8, 4) is 0 Å². The highest BCUT2D eigenvalue weighted by Crippen LogP contribution is 2.19. The Bertz CT molecular complexity index is 394. The quantitative estimate of drug-likeness (QED) is 0.791. The summed E-state index contributed by atoms with van der Waals surface area (Å²) in [4.78, 5) is 10.8. The van der Waals surface area contributed by atoms with Crippen LogP contribution in [0.3, 0.4) is 0 Å². The molecular weight excluding hydrogens is 229 g/mol. The van der Waals surface area contributed by atoms with Gasteiger partial charge in [0.15, 0.2) is 0 Å². The topological polar surface area (TPSA) is 17.1 Å². The maximum atomic E-state index is 12.1. The van der Waals surface area contributed by atoms with Gasteiger partial charge in [-0.3, -0.25) is 4.79 Å². The minimum Gasteiger partial charge on any atom is -0.289 e. The van der Waals surface area contributed by atoms with Crippen LogP contribution in [0.25, 0.3) is 0 Å². The first-order valence-corrected chi connectivity index (χ1v) is 5.47. The molecular formula is C13H15F3O. The van der Waals surface area contributed by atoms with Gasteiger partial charge in [-0.1, -0.05) is 38.1 Å². The van der Waals surface area contributed by atoms with Crippen molar-refractivity contribution < 1.29 is 18.0 Å². The number of Topliss-reactive ketones (excluding diaryl/α,β-unsaturated/α-hetero) is 1. The monoisotopic (exact) mass is 244 g/mol. The van der Waals surface area contributed by atoms with Crippen molar-refractivity contribution in [2.45, 2.75) is 32.9 Å². The van der Waals surface area contributed by atoms with Gasteiger partial charge in [0.1, 0.15) is 0 Å². The fourth-order valence-electron chi connectivity index (χ4n) is 1.62. The predicted octanol–water partition coefficient (Wildman–Crippen LogP) is 3.56. The SMILES string of the molecule is CC(C)Cc1cccc(CC(=O)C(F)(F)F)c1. The summed E-state index contributed by atoms with van der Waals surface area (Å²) in [6.07, 6.45) is -4.52. The molecule has 0 heterocycles. The van der Waals surface area contributed by atoms with Crippen molar-refractivity contribution in [1.29, 1.82) is 0 Å². The van der Waals surface area contributed by atoms with Crippen LogP contribution in [0.2, 0.25) is 0 Å². The summed E-state index contributed by atoms with van der Waals surface area (Å²) in [5, 5.41) is 0. The number of rotatable bonds is 4. The molecule has 4 heteroatoms. The van der Waals surface area contributed by atoms with E-state index in [-0.39, 0.29) is 0 Å². The zero-order chi connectivity index (χ0) is 13.1. The highest BCUT2D eigenvalue weighted by atomic mass is 19.4. The second-order valence-electron chi connectivity index (χ2n) is 4.52. The molecule has 94 valence electrons. The van der Waals surface area contributed by atoms with Crippen LogP contribution < -0.4 is 0 Å². The molecule has 0 bridgehead atoms. The molecule has 1 nitrogen and oxygen atoms in total. The van der Waals surface area contributed by atoms with Gasteiger partial charge in [-0.05, 0) is 23.5 Å². The fraction of sp³-hybridized carbons (Fsp3) is 0.462. The molecule has 0 saturated carbocycles. The Balaban J connectivity index is 2.76. The molecule has 0 fully saturated rings. The van der Waals surface area contributed by atoms with Gasteiger partial charge in [0.05, 0.1) is 0 Å². The van der Waals surface area contributed by atoms with E-state index in [0.29, 0.717) is 11.5 Å². The van der Waals surface area contributed by atoms with Gasteiger partial charge >= 0.3 is 6.18 Å². The van der Waals surface area contributed by atoms with E-state index in [1.165, 1.54) is 0 Å². The third-order valence-electron chi connectivity index (χ3n) is 2.32. The lowest BCUT2D eigenvalue weighted by Gasteiger charge is -2.08. The van der Waals surface area contributed by atoms with E-state index in [9.17, 15) is 18.0 Å². The van der Waals surface area contributed by atoms with Crippen LogP contribution in [0.4, 0.5) is 13.2 Å². The Morgan fingerprint density at radius 3 is 2.35 bits per heavy atom. The highest BCUT2D eigenvalue weighted by Gasteiger charge is 2.37. The van der Waals surface area contributed by atoms with E-state index in [4.69, 9.17) is 0 Å². The summed E-state index contributed by atoms with van der Waals surface area (Å²) >= 11 is 0. The molecule has 0 saturated heterocycles. The lowest BCUT2D eigenvalue weighted by atomic mass is 9.99. The van der Waals surface area contributed by atoms with E-state index in [1.54, 1.807) is 18.2 Å². The Hall–Kier alpha value is -1.32. The molecule has 17 heavy (non-hydrogen) atoms. The van der Waals surface area contributed by atoms with Crippen LogP contribution >= 0.6 is 0 Å². The molecule has 0 radical (unpaired) electrons. The van der Waals surface area contributed by atoms with Crippen molar-refractivity contribution in [3.05, 3.63) is 35.4 Å². The van der Waals surface area contributed by atoms with Crippen LogP contribution in [0.5, 0.6) is 0 Å². The molecule has 0 N–H and O–H groups in total. The van der Waals surface area contributed by atoms with Crippen LogP contribution in [0.15, 0.2) is 24.3 Å². The number of carbonyl (C=O) groups excluding carboxylic acids is 1. The lowest BCUT2D eigenvalue weighted by molar-refractivity contribution is -0.170. The fourth-order valence-corrected chi connectivity index (χ4v) is 1.62. The summed E-state index contributed by atoms with van der Waals surface area (Å²) < 4.78 is 36.3. The first-order valence-electron chi connectivity index (χ1n) is 5.47. The zero-order valence-electron chi connectivity index (χ0n) is 9.84. The van der Waals surface area contributed by atoms with E-state index in [2.05, 4.69) is 0 Å². The molecule has 1 aromatic carbocycles. The first-order chi connectivity index (χ1) is 7.79. The largest absolute Gasteiger partial charge is 0.450 e. The van der Waals surface area contributed by atoms with E-state index in [1.807, 2.05) is 19.9 Å². The Kier molecular flexibility index (Phi) is 4.32. The third-order valence-corrected chi connectivity index (χ3v) is 2.32. The number of benzene rings is 1. The number of halogens is 3. The zero-order valence-corrected chi connectivity index (χ0v) is 9.84. The average molecular weight is 244 g/mol. The predicted molar refractivity (Wildman–Crippen MR) is 59.8 cm³/mol. The number of hydrogen-bond donors (Lipinski definition) is 0. The molecule has 1 aromatic rings. The first kappa shape index (κ1) is 13.7. The van der Waals surface area contributed by atoms with Crippen LogP contribution in [-0.2, 0) is 17.6 Å². The Morgan fingerprint density at radius 2 is 1.82 bits per heavy atom. The van der Waals surface area contributed by atoms with Crippen molar-refractivity contribution in [2.24, 2.45) is 5.92 Å². The molecule has 0 unspecified atom stereocenters. The van der Waals surface area contributed by atoms with E-state index in [0.717, 1.165) is 12.0 Å². The van der Waals surface area contributed by atoms with Crippen LogP contribution in [-0.4, -0.2) is 12.0 Å². The molecule has 0 aliphatic carbocycles. The minimum atomic E-state index is -4.74. The van der Waals surface area contributed by atoms with Gasteiger partial charge in [0.2, 0.25) is 5.78 Å². The lowest BCUT2D eigenvalue weighted by Crippen LogP contribution is -2.24. The van der Waals surface area contributed by atoms with Gasteiger partial charge in [0, 0.05) is 6.42 Å². The molecule has 0 aromatic heterocycles. The van der Waals surface area contributed by atoms with Crippen molar-refractivity contribution >= 4 is 5.78 Å². The van der Waals surface area contributed by atoms with Gasteiger partial charge in [0.25, 0.3) is 0 Å². The van der Waals surface area contributed by atoms with Gasteiger partial charge in [-0.25, -0.2) is 0 Å². The standard InChI is InChI=1S/C13H15F3O/c1-9(2)6-10-4-3-5-11(7-10)8-12(17)13(14,15)16/h3-5,7,9H,6,8H2,1-2H3. The van der Waals surface area contributed by atoms with Crippen molar-refractivity contribution in [2.75, 3.05) is 0 Å². The number of ketones is 1. The maximum Gasteiger partial charge on any atom is 0.450 e. The second kappa shape index (κ2) is 5.34. The van der Waals surface area contributed by atoms with Gasteiger partial charge < -0.3 is 0 Å².